The molecule has 6 nitrogen and oxygen atoms in total. The third-order valence-corrected chi connectivity index (χ3v) is 5.92. The summed E-state index contributed by atoms with van der Waals surface area (Å²) in [5.41, 5.74) is 1.15. The number of rotatable bonds is 3. The predicted molar refractivity (Wildman–Crippen MR) is 106 cm³/mol. The molecule has 0 bridgehead atoms. The molecule has 0 N–H and O–H groups in total. The van der Waals surface area contributed by atoms with E-state index in [2.05, 4.69) is 15.1 Å². The van der Waals surface area contributed by atoms with Gasteiger partial charge in [0.1, 0.15) is 6.10 Å². The van der Waals surface area contributed by atoms with E-state index in [4.69, 9.17) is 4.74 Å². The van der Waals surface area contributed by atoms with Crippen LogP contribution in [-0.2, 0) is 10.9 Å². The van der Waals surface area contributed by atoms with Crippen molar-refractivity contribution < 1.29 is 17.9 Å². The van der Waals surface area contributed by atoms with Crippen LogP contribution in [0.3, 0.4) is 0 Å². The predicted octanol–water partition coefficient (Wildman–Crippen LogP) is 4.45. The first-order chi connectivity index (χ1) is 14.5. The summed E-state index contributed by atoms with van der Waals surface area (Å²) in [7, 11) is 0. The minimum absolute atomic E-state index is 0.148. The fourth-order valence-corrected chi connectivity index (χ4v) is 4.44. The van der Waals surface area contributed by atoms with Crippen molar-refractivity contribution in [2.45, 2.75) is 12.3 Å². The summed E-state index contributed by atoms with van der Waals surface area (Å²) >= 11 is 1.39. The summed E-state index contributed by atoms with van der Waals surface area (Å²) in [6.45, 7) is 1.16. The third kappa shape index (κ3) is 3.52. The Morgan fingerprint density at radius 1 is 1.13 bits per heavy atom. The quantitative estimate of drug-likeness (QED) is 0.480. The molecule has 0 saturated carbocycles. The summed E-state index contributed by atoms with van der Waals surface area (Å²) in [4.78, 5) is 11.4. The Bertz CT molecular complexity index is 1140. The Morgan fingerprint density at radius 3 is 2.77 bits per heavy atom. The molecule has 1 aliphatic heterocycles. The number of halogens is 3. The molecule has 4 heterocycles. The number of anilines is 1. The number of benzene rings is 1. The van der Waals surface area contributed by atoms with Crippen LogP contribution in [-0.4, -0.2) is 39.3 Å². The topological polar surface area (TPSA) is 55.6 Å². The summed E-state index contributed by atoms with van der Waals surface area (Å²) in [5.74, 6) is 0. The van der Waals surface area contributed by atoms with E-state index in [1.54, 1.807) is 23.0 Å². The molecule has 1 unspecified atom stereocenters. The third-order valence-electron chi connectivity index (χ3n) is 4.94. The number of morpholine rings is 1. The smallest absolute Gasteiger partial charge is 0.370 e. The van der Waals surface area contributed by atoms with Crippen molar-refractivity contribution in [3.63, 3.8) is 0 Å². The molecule has 0 radical (unpaired) electrons. The zero-order valence-corrected chi connectivity index (χ0v) is 16.4. The molecular formula is C20H16F3N5OS. The van der Waals surface area contributed by atoms with Crippen LogP contribution in [0.15, 0.2) is 55.0 Å². The first-order valence-electron chi connectivity index (χ1n) is 9.28. The lowest BCUT2D eigenvalue weighted by molar-refractivity contribution is -0.139. The number of ether oxygens (including phenoxy) is 1. The van der Waals surface area contributed by atoms with Crippen molar-refractivity contribution in [1.29, 1.82) is 0 Å². The Balaban J connectivity index is 1.40. The molecule has 1 aliphatic rings. The summed E-state index contributed by atoms with van der Waals surface area (Å²) in [5, 5.41) is 5.28. The zero-order valence-electron chi connectivity index (χ0n) is 15.6. The van der Waals surface area contributed by atoms with Gasteiger partial charge in [-0.2, -0.15) is 13.2 Å². The highest BCUT2D eigenvalue weighted by Crippen LogP contribution is 2.37. The van der Waals surface area contributed by atoms with Crippen molar-refractivity contribution in [1.82, 2.24) is 19.6 Å². The Morgan fingerprint density at radius 2 is 2.00 bits per heavy atom. The molecule has 154 valence electrons. The van der Waals surface area contributed by atoms with Gasteiger partial charge in [-0.05, 0) is 23.8 Å². The Kier molecular flexibility index (Phi) is 4.67. The first kappa shape index (κ1) is 19.0. The van der Waals surface area contributed by atoms with Gasteiger partial charge in [-0.1, -0.05) is 29.5 Å². The molecule has 1 saturated heterocycles. The highest BCUT2D eigenvalue weighted by molar-refractivity contribution is 7.20. The van der Waals surface area contributed by atoms with Gasteiger partial charge < -0.3 is 9.64 Å². The number of hydrogen-bond donors (Lipinski definition) is 0. The number of aromatic nitrogens is 4. The van der Waals surface area contributed by atoms with Gasteiger partial charge in [-0.3, -0.25) is 4.98 Å². The standard InChI is InChI=1S/C20H16F3N5OS/c21-20(22,23)15-6-2-1-5-14(15)17-12-27(8-9-29-17)19-26-28-11-16(25-18(28)30-19)13-4-3-7-24-10-13/h1-7,10-11,17H,8-9,12H2. The monoisotopic (exact) mass is 431 g/mol. The van der Waals surface area contributed by atoms with Crippen LogP contribution in [0.5, 0.6) is 0 Å². The molecule has 0 amide bonds. The normalized spacial score (nSPS) is 17.6. The highest BCUT2D eigenvalue weighted by Gasteiger charge is 2.36. The van der Waals surface area contributed by atoms with E-state index < -0.39 is 17.8 Å². The van der Waals surface area contributed by atoms with Gasteiger partial charge in [0.05, 0.1) is 30.6 Å². The second-order valence-corrected chi connectivity index (χ2v) is 7.80. The van der Waals surface area contributed by atoms with E-state index in [9.17, 15) is 13.2 Å². The fraction of sp³-hybridized carbons (Fsp3) is 0.250. The maximum absolute atomic E-state index is 13.4. The van der Waals surface area contributed by atoms with Gasteiger partial charge in [0.2, 0.25) is 10.1 Å². The summed E-state index contributed by atoms with van der Waals surface area (Å²) in [6, 6.07) is 9.33. The van der Waals surface area contributed by atoms with Gasteiger partial charge in [-0.15, -0.1) is 5.10 Å². The molecule has 0 aliphatic carbocycles. The molecule has 4 aromatic rings. The van der Waals surface area contributed by atoms with Crippen LogP contribution < -0.4 is 4.90 Å². The number of alkyl halides is 3. The van der Waals surface area contributed by atoms with Crippen LogP contribution >= 0.6 is 11.3 Å². The lowest BCUT2D eigenvalue weighted by Crippen LogP contribution is -2.39. The van der Waals surface area contributed by atoms with Crippen LogP contribution in [0.1, 0.15) is 17.2 Å². The Labute approximate surface area is 173 Å². The lowest BCUT2D eigenvalue weighted by Gasteiger charge is -2.33. The molecule has 1 aromatic carbocycles. The van der Waals surface area contributed by atoms with Crippen molar-refractivity contribution in [3.05, 3.63) is 66.1 Å². The SMILES string of the molecule is FC(F)(F)c1ccccc1C1CN(c2nn3cc(-c4cccnc4)nc3s2)CCO1. The largest absolute Gasteiger partial charge is 0.416 e. The molecule has 0 spiro atoms. The van der Waals surface area contributed by atoms with E-state index in [1.165, 1.54) is 23.5 Å². The fourth-order valence-electron chi connectivity index (χ4n) is 3.52. The van der Waals surface area contributed by atoms with Crippen LogP contribution in [0.4, 0.5) is 18.3 Å². The van der Waals surface area contributed by atoms with Crippen molar-refractivity contribution in [2.24, 2.45) is 0 Å². The highest BCUT2D eigenvalue weighted by atomic mass is 32.1. The average molecular weight is 431 g/mol. The zero-order chi connectivity index (χ0) is 20.7. The van der Waals surface area contributed by atoms with Crippen molar-refractivity contribution in [2.75, 3.05) is 24.6 Å². The summed E-state index contributed by atoms with van der Waals surface area (Å²) < 4.78 is 47.6. The molecule has 30 heavy (non-hydrogen) atoms. The van der Waals surface area contributed by atoms with Gasteiger partial charge in [0, 0.05) is 24.5 Å². The van der Waals surface area contributed by atoms with E-state index in [-0.39, 0.29) is 5.56 Å². The van der Waals surface area contributed by atoms with E-state index in [0.717, 1.165) is 17.3 Å². The van der Waals surface area contributed by atoms with E-state index in [0.29, 0.717) is 29.8 Å². The van der Waals surface area contributed by atoms with E-state index >= 15 is 0 Å². The molecule has 10 heteroatoms. The number of pyridine rings is 1. The maximum Gasteiger partial charge on any atom is 0.416 e. The second-order valence-electron chi connectivity index (χ2n) is 6.87. The molecule has 5 rings (SSSR count). The molecule has 1 fully saturated rings. The second kappa shape index (κ2) is 7.37. The first-order valence-corrected chi connectivity index (χ1v) is 10.1. The van der Waals surface area contributed by atoms with Gasteiger partial charge in [0.25, 0.3) is 0 Å². The van der Waals surface area contributed by atoms with E-state index in [1.807, 2.05) is 23.2 Å². The number of fused-ring (bicyclic) bond motifs is 1. The molecule has 3 aromatic heterocycles. The number of imidazole rings is 1. The van der Waals surface area contributed by atoms with Crippen LogP contribution in [0.25, 0.3) is 16.2 Å². The minimum atomic E-state index is -4.42. The number of nitrogens with zero attached hydrogens (tertiary/aromatic N) is 5. The van der Waals surface area contributed by atoms with Gasteiger partial charge in [-0.25, -0.2) is 9.50 Å². The number of hydrogen-bond acceptors (Lipinski definition) is 6. The molecule has 1 atom stereocenters. The van der Waals surface area contributed by atoms with Crippen molar-refractivity contribution >= 4 is 21.4 Å². The van der Waals surface area contributed by atoms with Crippen molar-refractivity contribution in [3.8, 4) is 11.3 Å². The average Bonchev–Trinajstić information content (AvgIpc) is 3.33. The van der Waals surface area contributed by atoms with Gasteiger partial charge in [0.15, 0.2) is 0 Å². The van der Waals surface area contributed by atoms with Crippen LogP contribution in [0.2, 0.25) is 0 Å². The summed E-state index contributed by atoms with van der Waals surface area (Å²) in [6.07, 6.45) is 0.150. The van der Waals surface area contributed by atoms with Crippen LogP contribution in [0, 0.1) is 0 Å². The van der Waals surface area contributed by atoms with Gasteiger partial charge >= 0.3 is 6.18 Å². The Hall–Kier alpha value is -2.98. The minimum Gasteiger partial charge on any atom is -0.370 e. The molecular weight excluding hydrogens is 415 g/mol. The lowest BCUT2D eigenvalue weighted by atomic mass is 10.0. The maximum atomic E-state index is 13.4.